The summed E-state index contributed by atoms with van der Waals surface area (Å²) in [7, 11) is 0. The Morgan fingerprint density at radius 1 is 1.10 bits per heavy atom. The second-order valence-electron chi connectivity index (χ2n) is 6.36. The van der Waals surface area contributed by atoms with Crippen LogP contribution in [0.1, 0.15) is 35.8 Å². The number of rotatable bonds is 8. The summed E-state index contributed by atoms with van der Waals surface area (Å²) in [6, 6.07) is 14.2. The van der Waals surface area contributed by atoms with Gasteiger partial charge in [0.2, 0.25) is 5.91 Å². The second kappa shape index (κ2) is 9.50. The second-order valence-corrected chi connectivity index (χ2v) is 6.36. The lowest BCUT2D eigenvalue weighted by molar-refractivity contribution is -0.120. The maximum Gasteiger partial charge on any atom is 0.251 e. The quantitative estimate of drug-likeness (QED) is 0.612. The van der Waals surface area contributed by atoms with Gasteiger partial charge in [0, 0.05) is 5.56 Å². The van der Waals surface area contributed by atoms with E-state index in [2.05, 4.69) is 20.7 Å². The van der Waals surface area contributed by atoms with Crippen LogP contribution in [0.3, 0.4) is 0 Å². The van der Waals surface area contributed by atoms with Gasteiger partial charge in [-0.3, -0.25) is 9.59 Å². The van der Waals surface area contributed by atoms with Gasteiger partial charge in [0.1, 0.15) is 18.4 Å². The highest BCUT2D eigenvalue weighted by Crippen LogP contribution is 2.15. The molecule has 0 saturated heterocycles. The van der Waals surface area contributed by atoms with E-state index in [0.717, 1.165) is 11.3 Å². The maximum absolute atomic E-state index is 12.2. The topological polar surface area (TPSA) is 98.1 Å². The van der Waals surface area contributed by atoms with Gasteiger partial charge < -0.3 is 15.4 Å². The van der Waals surface area contributed by atoms with Crippen molar-refractivity contribution >= 4 is 11.8 Å². The highest BCUT2D eigenvalue weighted by molar-refractivity contribution is 5.96. The van der Waals surface area contributed by atoms with Gasteiger partial charge in [-0.1, -0.05) is 12.1 Å². The molecule has 0 aliphatic rings. The number of ether oxygens (including phenoxy) is 1. The molecule has 1 aromatic heterocycles. The minimum absolute atomic E-state index is 0.104. The number of benzene rings is 2. The number of carbonyl (C=O) groups excluding carboxylic acids is 2. The molecule has 0 bridgehead atoms. The average Bonchev–Trinajstić information content (AvgIpc) is 3.28. The monoisotopic (exact) mass is 393 g/mol. The summed E-state index contributed by atoms with van der Waals surface area (Å²) < 4.78 is 7.01. The molecule has 2 amide bonds. The third-order valence-electron chi connectivity index (χ3n) is 4.29. The van der Waals surface area contributed by atoms with E-state index in [1.54, 1.807) is 35.3 Å². The van der Waals surface area contributed by atoms with Crippen LogP contribution in [-0.4, -0.2) is 39.7 Å². The summed E-state index contributed by atoms with van der Waals surface area (Å²) in [6.45, 7) is 4.24. The van der Waals surface area contributed by atoms with Gasteiger partial charge in [-0.05, 0) is 55.8 Å². The van der Waals surface area contributed by atoms with Gasteiger partial charge in [0.05, 0.1) is 24.9 Å². The first kappa shape index (κ1) is 20.1. The Balaban J connectivity index is 1.49. The van der Waals surface area contributed by atoms with E-state index in [9.17, 15) is 9.59 Å². The zero-order valence-electron chi connectivity index (χ0n) is 16.3. The van der Waals surface area contributed by atoms with Crippen LogP contribution in [0.15, 0.2) is 61.2 Å². The van der Waals surface area contributed by atoms with Gasteiger partial charge in [-0.2, -0.15) is 5.10 Å². The first-order chi connectivity index (χ1) is 14.1. The molecule has 0 spiro atoms. The summed E-state index contributed by atoms with van der Waals surface area (Å²) >= 11 is 0. The van der Waals surface area contributed by atoms with E-state index in [-0.39, 0.29) is 24.4 Å². The Morgan fingerprint density at radius 2 is 1.83 bits per heavy atom. The highest BCUT2D eigenvalue weighted by Gasteiger charge is 2.12. The zero-order valence-corrected chi connectivity index (χ0v) is 16.3. The molecule has 0 fully saturated rings. The van der Waals surface area contributed by atoms with Crippen molar-refractivity contribution in [3.8, 4) is 11.4 Å². The van der Waals surface area contributed by atoms with Crippen molar-refractivity contribution in [2.75, 3.05) is 13.2 Å². The normalized spacial score (nSPS) is 11.5. The molecule has 0 radical (unpaired) electrons. The first-order valence-corrected chi connectivity index (χ1v) is 9.32. The minimum atomic E-state index is -0.312. The van der Waals surface area contributed by atoms with Crippen molar-refractivity contribution in [2.24, 2.45) is 0 Å². The van der Waals surface area contributed by atoms with Crippen LogP contribution in [0.5, 0.6) is 5.75 Å². The van der Waals surface area contributed by atoms with Crippen molar-refractivity contribution in [2.45, 2.75) is 19.9 Å². The fourth-order valence-corrected chi connectivity index (χ4v) is 2.76. The first-order valence-electron chi connectivity index (χ1n) is 9.32. The Hall–Kier alpha value is -3.68. The largest absolute Gasteiger partial charge is 0.494 e. The summed E-state index contributed by atoms with van der Waals surface area (Å²) in [6.07, 6.45) is 3.09. The van der Waals surface area contributed by atoms with Gasteiger partial charge >= 0.3 is 0 Å². The lowest BCUT2D eigenvalue weighted by Crippen LogP contribution is -2.38. The molecular formula is C21H23N5O3. The molecule has 0 aliphatic carbocycles. The molecule has 3 rings (SSSR count). The van der Waals surface area contributed by atoms with Gasteiger partial charge in [-0.15, -0.1) is 0 Å². The zero-order chi connectivity index (χ0) is 20.6. The van der Waals surface area contributed by atoms with Crippen molar-refractivity contribution < 1.29 is 14.3 Å². The van der Waals surface area contributed by atoms with Gasteiger partial charge in [-0.25, -0.2) is 9.67 Å². The number of hydrogen-bond acceptors (Lipinski definition) is 5. The molecule has 2 aromatic carbocycles. The van der Waals surface area contributed by atoms with E-state index < -0.39 is 0 Å². The van der Waals surface area contributed by atoms with Crippen molar-refractivity contribution in [3.05, 3.63) is 72.3 Å². The molecule has 1 unspecified atom stereocenters. The number of nitrogens with zero attached hydrogens (tertiary/aromatic N) is 3. The fraction of sp³-hybridized carbons (Fsp3) is 0.238. The molecular weight excluding hydrogens is 370 g/mol. The average molecular weight is 393 g/mol. The van der Waals surface area contributed by atoms with Crippen LogP contribution in [0.2, 0.25) is 0 Å². The minimum Gasteiger partial charge on any atom is -0.494 e. The van der Waals surface area contributed by atoms with Gasteiger partial charge in [0.25, 0.3) is 5.91 Å². The maximum atomic E-state index is 12.2. The summed E-state index contributed by atoms with van der Waals surface area (Å²) in [5.74, 6) is 0.121. The number of amides is 2. The van der Waals surface area contributed by atoms with Crippen LogP contribution in [0.25, 0.3) is 5.69 Å². The molecule has 150 valence electrons. The smallest absolute Gasteiger partial charge is 0.251 e. The van der Waals surface area contributed by atoms with E-state index in [1.165, 1.54) is 6.33 Å². The van der Waals surface area contributed by atoms with Gasteiger partial charge in [0.15, 0.2) is 0 Å². The van der Waals surface area contributed by atoms with Crippen LogP contribution in [0, 0.1) is 0 Å². The lowest BCUT2D eigenvalue weighted by atomic mass is 10.1. The lowest BCUT2D eigenvalue weighted by Gasteiger charge is -2.15. The van der Waals surface area contributed by atoms with Crippen molar-refractivity contribution in [1.82, 2.24) is 25.4 Å². The third-order valence-corrected chi connectivity index (χ3v) is 4.29. The standard InChI is InChI=1S/C21H23N5O3/c1-3-29-19-10-6-17(7-11-19)21(28)23-12-20(27)25-15(2)16-4-8-18(9-5-16)26-14-22-13-24-26/h4-11,13-15H,3,12H2,1-2H3,(H,23,28)(H,25,27). The SMILES string of the molecule is CCOc1ccc(C(=O)NCC(=O)NC(C)c2ccc(-n3cncn3)cc2)cc1. The number of carbonyl (C=O) groups is 2. The Morgan fingerprint density at radius 3 is 2.45 bits per heavy atom. The van der Waals surface area contributed by atoms with Crippen LogP contribution >= 0.6 is 0 Å². The Labute approximate surface area is 168 Å². The van der Waals surface area contributed by atoms with Crippen LogP contribution in [-0.2, 0) is 4.79 Å². The molecule has 8 nitrogen and oxygen atoms in total. The molecule has 0 aliphatic heterocycles. The summed E-state index contributed by atoms with van der Waals surface area (Å²) in [5, 5.41) is 9.58. The number of nitrogens with one attached hydrogen (secondary N) is 2. The molecule has 3 aromatic rings. The summed E-state index contributed by atoms with van der Waals surface area (Å²) in [4.78, 5) is 28.3. The molecule has 29 heavy (non-hydrogen) atoms. The fourth-order valence-electron chi connectivity index (χ4n) is 2.76. The van der Waals surface area contributed by atoms with E-state index in [4.69, 9.17) is 4.74 Å². The van der Waals surface area contributed by atoms with E-state index in [0.29, 0.717) is 17.9 Å². The molecule has 1 atom stereocenters. The van der Waals surface area contributed by atoms with E-state index >= 15 is 0 Å². The predicted molar refractivity (Wildman–Crippen MR) is 108 cm³/mol. The van der Waals surface area contributed by atoms with Crippen LogP contribution < -0.4 is 15.4 Å². The Kier molecular flexibility index (Phi) is 6.57. The molecule has 0 saturated carbocycles. The molecule has 8 heteroatoms. The van der Waals surface area contributed by atoms with Crippen molar-refractivity contribution in [1.29, 1.82) is 0 Å². The summed E-state index contributed by atoms with van der Waals surface area (Å²) in [5.41, 5.74) is 2.30. The molecule has 1 heterocycles. The third kappa shape index (κ3) is 5.41. The van der Waals surface area contributed by atoms with E-state index in [1.807, 2.05) is 38.1 Å². The molecule has 2 N–H and O–H groups in total. The highest BCUT2D eigenvalue weighted by atomic mass is 16.5. The van der Waals surface area contributed by atoms with Crippen molar-refractivity contribution in [3.63, 3.8) is 0 Å². The number of aromatic nitrogens is 3. The number of hydrogen-bond donors (Lipinski definition) is 2. The predicted octanol–water partition coefficient (Wildman–Crippen LogP) is 2.27. The Bertz CT molecular complexity index is 937. The van der Waals surface area contributed by atoms with Crippen LogP contribution in [0.4, 0.5) is 0 Å².